The Morgan fingerprint density at radius 1 is 1.44 bits per heavy atom. The molecule has 0 spiro atoms. The first-order valence-electron chi connectivity index (χ1n) is 5.32. The van der Waals surface area contributed by atoms with E-state index in [1.165, 1.54) is 10.7 Å². The average molecular weight is 266 g/mol. The summed E-state index contributed by atoms with van der Waals surface area (Å²) in [6, 6.07) is 11.0. The standard InChI is InChI=1S/C12H12ClN3O2/c1-16-10(7-11(13)14-16)12(17)15-18-8-9-5-3-2-4-6-9/h2-7H,8H2,1H3,(H,15,17). The van der Waals surface area contributed by atoms with E-state index in [1.54, 1.807) is 7.05 Å². The van der Waals surface area contributed by atoms with E-state index in [0.717, 1.165) is 5.56 Å². The maximum absolute atomic E-state index is 11.7. The first kappa shape index (κ1) is 12.6. The van der Waals surface area contributed by atoms with Gasteiger partial charge in [0.15, 0.2) is 5.15 Å². The van der Waals surface area contributed by atoms with Gasteiger partial charge in [-0.15, -0.1) is 0 Å². The molecule has 0 aliphatic rings. The largest absolute Gasteiger partial charge is 0.293 e. The predicted molar refractivity (Wildman–Crippen MR) is 66.9 cm³/mol. The molecular weight excluding hydrogens is 254 g/mol. The fourth-order valence-electron chi connectivity index (χ4n) is 1.46. The van der Waals surface area contributed by atoms with Crippen molar-refractivity contribution >= 4 is 17.5 Å². The third-order valence-corrected chi connectivity index (χ3v) is 2.51. The molecule has 1 N–H and O–H groups in total. The number of carbonyl (C=O) groups excluding carboxylic acids is 1. The van der Waals surface area contributed by atoms with Crippen molar-refractivity contribution in [3.63, 3.8) is 0 Å². The molecule has 0 radical (unpaired) electrons. The number of aromatic nitrogens is 2. The fraction of sp³-hybridized carbons (Fsp3) is 0.167. The molecule has 0 saturated heterocycles. The van der Waals surface area contributed by atoms with E-state index in [2.05, 4.69) is 10.6 Å². The van der Waals surface area contributed by atoms with Crippen LogP contribution in [0.3, 0.4) is 0 Å². The van der Waals surface area contributed by atoms with Gasteiger partial charge in [0.25, 0.3) is 5.91 Å². The average Bonchev–Trinajstić information content (AvgIpc) is 2.70. The van der Waals surface area contributed by atoms with Gasteiger partial charge in [0.05, 0.1) is 6.61 Å². The number of hydroxylamine groups is 1. The molecule has 94 valence electrons. The van der Waals surface area contributed by atoms with Gasteiger partial charge in [0.2, 0.25) is 0 Å². The van der Waals surface area contributed by atoms with Crippen LogP contribution in [0.2, 0.25) is 5.15 Å². The lowest BCUT2D eigenvalue weighted by Crippen LogP contribution is -2.25. The lowest BCUT2D eigenvalue weighted by atomic mass is 10.2. The summed E-state index contributed by atoms with van der Waals surface area (Å²) in [5, 5.41) is 4.13. The molecule has 18 heavy (non-hydrogen) atoms. The van der Waals surface area contributed by atoms with Crippen molar-refractivity contribution in [1.29, 1.82) is 0 Å². The molecule has 0 atom stereocenters. The maximum atomic E-state index is 11.7. The quantitative estimate of drug-likeness (QED) is 0.860. The van der Waals surface area contributed by atoms with Gasteiger partial charge in [-0.3, -0.25) is 14.3 Å². The zero-order chi connectivity index (χ0) is 13.0. The molecule has 1 heterocycles. The van der Waals surface area contributed by atoms with Gasteiger partial charge in [-0.25, -0.2) is 5.48 Å². The third-order valence-electron chi connectivity index (χ3n) is 2.33. The number of hydrogen-bond donors (Lipinski definition) is 1. The van der Waals surface area contributed by atoms with Gasteiger partial charge >= 0.3 is 0 Å². The van der Waals surface area contributed by atoms with Crippen LogP contribution in [-0.4, -0.2) is 15.7 Å². The van der Waals surface area contributed by atoms with Crippen LogP contribution < -0.4 is 5.48 Å². The lowest BCUT2D eigenvalue weighted by molar-refractivity contribution is 0.0226. The van der Waals surface area contributed by atoms with Gasteiger partial charge in [-0.2, -0.15) is 5.10 Å². The topological polar surface area (TPSA) is 56.2 Å². The van der Waals surface area contributed by atoms with E-state index in [1.807, 2.05) is 30.3 Å². The number of amides is 1. The maximum Gasteiger partial charge on any atom is 0.293 e. The van der Waals surface area contributed by atoms with Crippen LogP contribution in [-0.2, 0) is 18.5 Å². The number of rotatable bonds is 4. The van der Waals surface area contributed by atoms with Gasteiger partial charge < -0.3 is 0 Å². The number of hydrogen-bond acceptors (Lipinski definition) is 3. The molecule has 1 aromatic heterocycles. The second kappa shape index (κ2) is 5.66. The van der Waals surface area contributed by atoms with E-state index in [-0.39, 0.29) is 11.1 Å². The highest BCUT2D eigenvalue weighted by molar-refractivity contribution is 6.29. The Hall–Kier alpha value is -1.85. The van der Waals surface area contributed by atoms with Crippen molar-refractivity contribution in [3.05, 3.63) is 52.8 Å². The number of carbonyl (C=O) groups is 1. The second-order valence-electron chi connectivity index (χ2n) is 3.68. The van der Waals surface area contributed by atoms with Crippen molar-refractivity contribution in [2.45, 2.75) is 6.61 Å². The van der Waals surface area contributed by atoms with Crippen LogP contribution in [0.1, 0.15) is 16.1 Å². The fourth-order valence-corrected chi connectivity index (χ4v) is 1.67. The molecule has 5 nitrogen and oxygen atoms in total. The highest BCUT2D eigenvalue weighted by atomic mass is 35.5. The summed E-state index contributed by atoms with van der Waals surface area (Å²) in [6.07, 6.45) is 0. The SMILES string of the molecule is Cn1nc(Cl)cc1C(=O)NOCc1ccccc1. The normalized spacial score (nSPS) is 10.3. The minimum absolute atomic E-state index is 0.269. The molecule has 0 fully saturated rings. The van der Waals surface area contributed by atoms with Crippen LogP contribution in [0.25, 0.3) is 0 Å². The van der Waals surface area contributed by atoms with Crippen LogP contribution in [0.5, 0.6) is 0 Å². The van der Waals surface area contributed by atoms with Crippen molar-refractivity contribution in [2.24, 2.45) is 7.05 Å². The number of aryl methyl sites for hydroxylation is 1. The summed E-state index contributed by atoms with van der Waals surface area (Å²) >= 11 is 5.69. The Morgan fingerprint density at radius 2 is 2.17 bits per heavy atom. The summed E-state index contributed by atoms with van der Waals surface area (Å²) in [6.45, 7) is 0.304. The molecule has 0 bridgehead atoms. The molecule has 2 rings (SSSR count). The molecule has 0 unspecified atom stereocenters. The third kappa shape index (κ3) is 3.09. The Balaban J connectivity index is 1.87. The van der Waals surface area contributed by atoms with Crippen molar-refractivity contribution in [2.75, 3.05) is 0 Å². The van der Waals surface area contributed by atoms with E-state index in [4.69, 9.17) is 16.4 Å². The molecule has 6 heteroatoms. The van der Waals surface area contributed by atoms with Gasteiger partial charge in [0, 0.05) is 13.1 Å². The smallest absolute Gasteiger partial charge is 0.269 e. The summed E-state index contributed by atoms with van der Waals surface area (Å²) < 4.78 is 1.39. The Labute approximate surface area is 109 Å². The summed E-state index contributed by atoms with van der Waals surface area (Å²) in [5.41, 5.74) is 3.66. The molecule has 1 amide bonds. The van der Waals surface area contributed by atoms with Crippen LogP contribution in [0, 0.1) is 0 Å². The zero-order valence-corrected chi connectivity index (χ0v) is 10.5. The Kier molecular flexibility index (Phi) is 3.96. The number of nitrogens with one attached hydrogen (secondary N) is 1. The Morgan fingerprint density at radius 3 is 2.78 bits per heavy atom. The monoisotopic (exact) mass is 265 g/mol. The van der Waals surface area contributed by atoms with Crippen molar-refractivity contribution in [3.8, 4) is 0 Å². The second-order valence-corrected chi connectivity index (χ2v) is 4.07. The minimum atomic E-state index is -0.382. The van der Waals surface area contributed by atoms with Crippen LogP contribution >= 0.6 is 11.6 Å². The van der Waals surface area contributed by atoms with E-state index >= 15 is 0 Å². The zero-order valence-electron chi connectivity index (χ0n) is 9.76. The summed E-state index contributed by atoms with van der Waals surface area (Å²) in [5.74, 6) is -0.382. The Bertz CT molecular complexity index is 540. The van der Waals surface area contributed by atoms with Crippen molar-refractivity contribution < 1.29 is 9.63 Å². The number of benzene rings is 1. The summed E-state index contributed by atoms with van der Waals surface area (Å²) in [4.78, 5) is 16.8. The molecule has 0 aliphatic carbocycles. The molecule has 1 aromatic carbocycles. The number of halogens is 1. The molecule has 0 saturated carbocycles. The lowest BCUT2D eigenvalue weighted by Gasteiger charge is -2.05. The highest BCUT2D eigenvalue weighted by Crippen LogP contribution is 2.08. The van der Waals surface area contributed by atoms with Crippen LogP contribution in [0.4, 0.5) is 0 Å². The minimum Gasteiger partial charge on any atom is -0.269 e. The first-order valence-corrected chi connectivity index (χ1v) is 5.70. The predicted octanol–water partition coefficient (Wildman–Crippen LogP) is 1.94. The van der Waals surface area contributed by atoms with Gasteiger partial charge in [-0.1, -0.05) is 41.9 Å². The van der Waals surface area contributed by atoms with E-state index in [0.29, 0.717) is 12.3 Å². The van der Waals surface area contributed by atoms with Gasteiger partial charge in [-0.05, 0) is 5.56 Å². The van der Waals surface area contributed by atoms with E-state index in [9.17, 15) is 4.79 Å². The molecule has 2 aromatic rings. The number of nitrogens with zero attached hydrogens (tertiary/aromatic N) is 2. The molecular formula is C12H12ClN3O2. The highest BCUT2D eigenvalue weighted by Gasteiger charge is 2.12. The van der Waals surface area contributed by atoms with E-state index < -0.39 is 0 Å². The van der Waals surface area contributed by atoms with Crippen molar-refractivity contribution in [1.82, 2.24) is 15.3 Å². The molecule has 0 aliphatic heterocycles. The van der Waals surface area contributed by atoms with Crippen LogP contribution in [0.15, 0.2) is 36.4 Å². The first-order chi connectivity index (χ1) is 8.66. The summed E-state index contributed by atoms with van der Waals surface area (Å²) in [7, 11) is 1.64. The van der Waals surface area contributed by atoms with Gasteiger partial charge in [0.1, 0.15) is 5.69 Å².